The lowest BCUT2D eigenvalue weighted by molar-refractivity contribution is 0.632. The molecule has 0 spiro atoms. The molecule has 2 nitrogen and oxygen atoms in total. The zero-order valence-electron chi connectivity index (χ0n) is 3.74. The number of alkyl halides is 1. The van der Waals surface area contributed by atoms with E-state index >= 15 is 0 Å². The molecule has 0 heterocycles. The predicted octanol–water partition coefficient (Wildman–Crippen LogP) is 0.273. The number of hydrogen-bond acceptors (Lipinski definition) is 2. The van der Waals surface area contributed by atoms with Crippen LogP contribution in [0.2, 0.25) is 0 Å². The Balaban J connectivity index is 2.75. The molecule has 0 rings (SSSR count). The van der Waals surface area contributed by atoms with Gasteiger partial charge in [0.15, 0.2) is 0 Å². The van der Waals surface area contributed by atoms with Crippen molar-refractivity contribution < 1.29 is 0 Å². The van der Waals surface area contributed by atoms with Gasteiger partial charge in [-0.15, -0.1) is 0 Å². The summed E-state index contributed by atoms with van der Waals surface area (Å²) >= 11 is 2.27. The lowest BCUT2D eigenvalue weighted by Gasteiger charge is -2.00. The van der Waals surface area contributed by atoms with Crippen LogP contribution in [0.1, 0.15) is 6.92 Å². The molecule has 0 fully saturated rings. The normalized spacial score (nSPS) is 14.5. The molecule has 0 saturated carbocycles. The fraction of sp³-hybridized carbons (Fsp3) is 1.00. The first-order chi connectivity index (χ1) is 2.81. The van der Waals surface area contributed by atoms with E-state index in [1.165, 1.54) is 0 Å². The van der Waals surface area contributed by atoms with Crippen LogP contribution in [0.5, 0.6) is 0 Å². The molecule has 0 aliphatic carbocycles. The van der Waals surface area contributed by atoms with E-state index in [9.17, 15) is 0 Å². The maximum absolute atomic E-state index is 5.03. The standard InChI is InChI=1S/C3H9IN2/c1-3(2-4)6-5/h3,6H,2,5H2,1H3. The summed E-state index contributed by atoms with van der Waals surface area (Å²) in [7, 11) is 0. The highest BCUT2D eigenvalue weighted by molar-refractivity contribution is 14.1. The van der Waals surface area contributed by atoms with Crippen molar-refractivity contribution in [1.82, 2.24) is 5.43 Å². The summed E-state index contributed by atoms with van der Waals surface area (Å²) in [4.78, 5) is 0. The first-order valence-corrected chi connectivity index (χ1v) is 3.36. The first-order valence-electron chi connectivity index (χ1n) is 1.83. The van der Waals surface area contributed by atoms with Gasteiger partial charge in [0, 0.05) is 10.5 Å². The highest BCUT2D eigenvalue weighted by atomic mass is 127. The number of hydrogen-bond donors (Lipinski definition) is 2. The van der Waals surface area contributed by atoms with Crippen LogP contribution in [0.3, 0.4) is 0 Å². The topological polar surface area (TPSA) is 38.0 Å². The lowest BCUT2D eigenvalue weighted by Crippen LogP contribution is -2.33. The van der Waals surface area contributed by atoms with Crippen molar-refractivity contribution in [2.24, 2.45) is 5.84 Å². The quantitative estimate of drug-likeness (QED) is 0.290. The summed E-state index contributed by atoms with van der Waals surface area (Å²) in [6.07, 6.45) is 0. The van der Waals surface area contributed by atoms with E-state index in [0.717, 1.165) is 4.43 Å². The van der Waals surface area contributed by atoms with Crippen molar-refractivity contribution in [3.8, 4) is 0 Å². The second-order valence-corrected chi connectivity index (χ2v) is 2.10. The highest BCUT2D eigenvalue weighted by Crippen LogP contribution is 1.84. The smallest absolute Gasteiger partial charge is 0.0271 e. The number of hydrazine groups is 1. The second-order valence-electron chi connectivity index (χ2n) is 1.22. The van der Waals surface area contributed by atoms with Gasteiger partial charge >= 0.3 is 0 Å². The molecule has 1 unspecified atom stereocenters. The van der Waals surface area contributed by atoms with E-state index in [-0.39, 0.29) is 0 Å². The molecule has 0 aromatic carbocycles. The molecule has 0 radical (unpaired) electrons. The van der Waals surface area contributed by atoms with Gasteiger partial charge < -0.3 is 0 Å². The monoisotopic (exact) mass is 200 g/mol. The molecule has 3 heteroatoms. The Morgan fingerprint density at radius 1 is 2.00 bits per heavy atom. The van der Waals surface area contributed by atoms with Gasteiger partial charge in [0.25, 0.3) is 0 Å². The lowest BCUT2D eigenvalue weighted by atomic mass is 10.4. The predicted molar refractivity (Wildman–Crippen MR) is 35.7 cm³/mol. The molecule has 0 aliphatic heterocycles. The third kappa shape index (κ3) is 2.87. The van der Waals surface area contributed by atoms with E-state index in [0.29, 0.717) is 6.04 Å². The fourth-order valence-corrected chi connectivity index (χ4v) is 0.299. The van der Waals surface area contributed by atoms with Gasteiger partial charge in [-0.05, 0) is 6.92 Å². The van der Waals surface area contributed by atoms with E-state index < -0.39 is 0 Å². The minimum Gasteiger partial charge on any atom is -0.271 e. The third-order valence-corrected chi connectivity index (χ3v) is 1.84. The molecule has 0 amide bonds. The zero-order valence-corrected chi connectivity index (χ0v) is 5.90. The van der Waals surface area contributed by atoms with E-state index in [2.05, 4.69) is 28.0 Å². The molecule has 38 valence electrons. The van der Waals surface area contributed by atoms with Crippen molar-refractivity contribution in [3.05, 3.63) is 0 Å². The molecule has 6 heavy (non-hydrogen) atoms. The van der Waals surface area contributed by atoms with E-state index in [1.807, 2.05) is 6.92 Å². The minimum atomic E-state index is 0.450. The van der Waals surface area contributed by atoms with Gasteiger partial charge in [-0.2, -0.15) is 0 Å². The van der Waals surface area contributed by atoms with Crippen LogP contribution < -0.4 is 11.3 Å². The number of halogens is 1. The van der Waals surface area contributed by atoms with Gasteiger partial charge in [0.2, 0.25) is 0 Å². The fourth-order valence-electron chi connectivity index (χ4n) is 0.0445. The molecule has 1 atom stereocenters. The van der Waals surface area contributed by atoms with Crippen LogP contribution >= 0.6 is 22.6 Å². The molecule has 0 aliphatic rings. The molecule has 0 saturated heterocycles. The summed E-state index contributed by atoms with van der Waals surface area (Å²) in [6.45, 7) is 2.03. The Hall–Kier alpha value is 0.650. The van der Waals surface area contributed by atoms with Gasteiger partial charge in [-0.1, -0.05) is 22.6 Å². The number of nitrogens with two attached hydrogens (primary N) is 1. The van der Waals surface area contributed by atoms with Gasteiger partial charge in [0.05, 0.1) is 0 Å². The SMILES string of the molecule is CC(CI)NN. The Labute approximate surface area is 51.6 Å². The maximum Gasteiger partial charge on any atom is 0.0271 e. The van der Waals surface area contributed by atoms with Gasteiger partial charge in [-0.25, -0.2) is 0 Å². The van der Waals surface area contributed by atoms with Crippen molar-refractivity contribution in [1.29, 1.82) is 0 Å². The summed E-state index contributed by atoms with van der Waals surface area (Å²) < 4.78 is 1.06. The Morgan fingerprint density at radius 2 is 2.50 bits per heavy atom. The van der Waals surface area contributed by atoms with Crippen LogP contribution in [0.4, 0.5) is 0 Å². The first kappa shape index (κ1) is 6.65. The molecule has 0 aromatic rings. The summed E-state index contributed by atoms with van der Waals surface area (Å²) in [5.41, 5.74) is 2.61. The van der Waals surface area contributed by atoms with Crippen LogP contribution in [-0.4, -0.2) is 10.5 Å². The summed E-state index contributed by atoms with van der Waals surface area (Å²) in [5.74, 6) is 5.03. The summed E-state index contributed by atoms with van der Waals surface area (Å²) in [6, 6.07) is 0.450. The van der Waals surface area contributed by atoms with Crippen LogP contribution in [0.25, 0.3) is 0 Å². The second kappa shape index (κ2) is 3.83. The molecular weight excluding hydrogens is 191 g/mol. The summed E-state index contributed by atoms with van der Waals surface area (Å²) in [5, 5.41) is 0. The average molecular weight is 200 g/mol. The third-order valence-electron chi connectivity index (χ3n) is 0.516. The maximum atomic E-state index is 5.03. The van der Waals surface area contributed by atoms with Crippen LogP contribution in [0.15, 0.2) is 0 Å². The highest BCUT2D eigenvalue weighted by Gasteiger charge is 1.88. The molecule has 3 N–H and O–H groups in total. The minimum absolute atomic E-state index is 0.450. The molecule has 0 aromatic heterocycles. The van der Waals surface area contributed by atoms with Crippen molar-refractivity contribution in [2.45, 2.75) is 13.0 Å². The average Bonchev–Trinajstić information content (AvgIpc) is 1.65. The van der Waals surface area contributed by atoms with Crippen molar-refractivity contribution >= 4 is 22.6 Å². The van der Waals surface area contributed by atoms with Crippen LogP contribution in [0, 0.1) is 0 Å². The number of rotatable bonds is 2. The van der Waals surface area contributed by atoms with Gasteiger partial charge in [-0.3, -0.25) is 11.3 Å². The zero-order chi connectivity index (χ0) is 4.99. The van der Waals surface area contributed by atoms with Crippen LogP contribution in [-0.2, 0) is 0 Å². The number of nitrogens with one attached hydrogen (secondary N) is 1. The Kier molecular flexibility index (Phi) is 4.24. The molecular formula is C3H9IN2. The Morgan fingerprint density at radius 3 is 2.50 bits per heavy atom. The van der Waals surface area contributed by atoms with Gasteiger partial charge in [0.1, 0.15) is 0 Å². The molecule has 0 bridgehead atoms. The van der Waals surface area contributed by atoms with E-state index in [1.54, 1.807) is 0 Å². The Bertz CT molecular complexity index is 28.0. The van der Waals surface area contributed by atoms with E-state index in [4.69, 9.17) is 5.84 Å². The van der Waals surface area contributed by atoms with Crippen molar-refractivity contribution in [3.63, 3.8) is 0 Å². The largest absolute Gasteiger partial charge is 0.271 e. The van der Waals surface area contributed by atoms with Crippen molar-refractivity contribution in [2.75, 3.05) is 4.43 Å².